The van der Waals surface area contributed by atoms with Gasteiger partial charge in [0.1, 0.15) is 14.1 Å². The lowest BCUT2D eigenvalue weighted by Crippen LogP contribution is -2.12. The SMILES string of the molecule is Bc1cc(F)c([N+](=O)[O-])cc1C=O. The number of carbonyl (C=O) groups excluding carboxylic acids is 1. The van der Waals surface area contributed by atoms with Gasteiger partial charge in [0.2, 0.25) is 0 Å². The smallest absolute Gasteiger partial charge is 0.298 e. The van der Waals surface area contributed by atoms with E-state index in [0.29, 0.717) is 11.7 Å². The molecule has 0 heterocycles. The first-order chi connectivity index (χ1) is 6.06. The van der Waals surface area contributed by atoms with Crippen molar-refractivity contribution in [3.05, 3.63) is 33.6 Å². The molecule has 13 heavy (non-hydrogen) atoms. The van der Waals surface area contributed by atoms with Gasteiger partial charge in [-0.3, -0.25) is 14.9 Å². The van der Waals surface area contributed by atoms with Crippen LogP contribution in [0.1, 0.15) is 10.4 Å². The minimum Gasteiger partial charge on any atom is -0.298 e. The number of hydrogen-bond donors (Lipinski definition) is 0. The molecule has 4 nitrogen and oxygen atoms in total. The number of nitro benzene ring substituents is 1. The topological polar surface area (TPSA) is 60.2 Å². The zero-order chi connectivity index (χ0) is 10.0. The summed E-state index contributed by atoms with van der Waals surface area (Å²) in [6.07, 6.45) is 0.460. The van der Waals surface area contributed by atoms with Crippen molar-refractivity contribution in [1.29, 1.82) is 0 Å². The summed E-state index contributed by atoms with van der Waals surface area (Å²) in [5.41, 5.74) is -0.154. The minimum absolute atomic E-state index is 0.133. The molecular weight excluding hydrogens is 176 g/mol. The highest BCUT2D eigenvalue weighted by Gasteiger charge is 2.15. The van der Waals surface area contributed by atoms with Gasteiger partial charge in [-0.25, -0.2) is 0 Å². The molecule has 0 amide bonds. The first-order valence-electron chi connectivity index (χ1n) is 3.46. The van der Waals surface area contributed by atoms with E-state index in [0.717, 1.165) is 12.1 Å². The molecule has 0 N–H and O–H groups in total. The number of nitro groups is 1. The predicted molar refractivity (Wildman–Crippen MR) is 46.6 cm³/mol. The molecule has 0 aliphatic carbocycles. The molecule has 0 aromatic heterocycles. The van der Waals surface area contributed by atoms with Gasteiger partial charge in [0.05, 0.1) is 4.92 Å². The summed E-state index contributed by atoms with van der Waals surface area (Å²) in [7, 11) is 1.51. The average Bonchev–Trinajstić information content (AvgIpc) is 2.03. The van der Waals surface area contributed by atoms with E-state index in [2.05, 4.69) is 0 Å². The summed E-state index contributed by atoms with van der Waals surface area (Å²) in [5, 5.41) is 10.3. The maximum atomic E-state index is 12.9. The molecule has 0 bridgehead atoms. The Morgan fingerprint density at radius 2 is 2.15 bits per heavy atom. The maximum Gasteiger partial charge on any atom is 0.305 e. The normalized spacial score (nSPS) is 9.62. The van der Waals surface area contributed by atoms with Gasteiger partial charge in [-0.15, -0.1) is 0 Å². The van der Waals surface area contributed by atoms with Gasteiger partial charge in [0, 0.05) is 11.6 Å². The van der Waals surface area contributed by atoms with E-state index in [9.17, 15) is 19.3 Å². The molecule has 0 saturated heterocycles. The highest BCUT2D eigenvalue weighted by molar-refractivity contribution is 6.35. The number of hydrogen-bond acceptors (Lipinski definition) is 3. The van der Waals surface area contributed by atoms with Crippen molar-refractivity contribution in [2.24, 2.45) is 0 Å². The number of carbonyl (C=O) groups is 1. The highest BCUT2D eigenvalue weighted by Crippen LogP contribution is 2.15. The van der Waals surface area contributed by atoms with E-state index in [1.54, 1.807) is 0 Å². The van der Waals surface area contributed by atoms with Crippen LogP contribution < -0.4 is 5.46 Å². The molecule has 1 rings (SSSR count). The molecule has 66 valence electrons. The van der Waals surface area contributed by atoms with Gasteiger partial charge in [-0.2, -0.15) is 4.39 Å². The van der Waals surface area contributed by atoms with Crippen LogP contribution in [0.5, 0.6) is 0 Å². The van der Waals surface area contributed by atoms with Crippen LogP contribution in [-0.2, 0) is 0 Å². The van der Waals surface area contributed by atoms with Gasteiger partial charge in [-0.05, 0) is 6.07 Å². The Balaban J connectivity index is 3.38. The Bertz CT molecular complexity index is 380. The standard InChI is InChI=1S/C7H5BFNO3/c8-5-2-6(9)7(10(12)13)1-4(5)3-11/h1-3H,8H2. The molecule has 1 aromatic rings. The first kappa shape index (κ1) is 9.37. The van der Waals surface area contributed by atoms with Gasteiger partial charge in [0.15, 0.2) is 5.82 Å². The fourth-order valence-corrected chi connectivity index (χ4v) is 0.944. The van der Waals surface area contributed by atoms with E-state index >= 15 is 0 Å². The Morgan fingerprint density at radius 3 is 2.62 bits per heavy atom. The van der Waals surface area contributed by atoms with E-state index in [1.165, 1.54) is 7.85 Å². The van der Waals surface area contributed by atoms with Crippen LogP contribution >= 0.6 is 0 Å². The van der Waals surface area contributed by atoms with Crippen LogP contribution in [-0.4, -0.2) is 19.1 Å². The molecule has 0 saturated carbocycles. The Labute approximate surface area is 73.9 Å². The largest absolute Gasteiger partial charge is 0.305 e. The summed E-state index contributed by atoms with van der Waals surface area (Å²) in [6, 6.07) is 1.90. The van der Waals surface area contributed by atoms with Crippen molar-refractivity contribution < 1.29 is 14.1 Å². The lowest BCUT2D eigenvalue weighted by atomic mass is 9.90. The summed E-state index contributed by atoms with van der Waals surface area (Å²) in [6.45, 7) is 0. The zero-order valence-electron chi connectivity index (χ0n) is 6.78. The summed E-state index contributed by atoms with van der Waals surface area (Å²) in [5.74, 6) is -0.923. The zero-order valence-corrected chi connectivity index (χ0v) is 6.78. The monoisotopic (exact) mass is 181 g/mol. The third-order valence-corrected chi connectivity index (χ3v) is 1.66. The summed E-state index contributed by atoms with van der Waals surface area (Å²) in [4.78, 5) is 19.8. The van der Waals surface area contributed by atoms with Crippen LogP contribution in [0.15, 0.2) is 12.1 Å². The number of rotatable bonds is 2. The van der Waals surface area contributed by atoms with Gasteiger partial charge >= 0.3 is 5.69 Å². The highest BCUT2D eigenvalue weighted by atomic mass is 19.1. The van der Waals surface area contributed by atoms with Gasteiger partial charge in [0.25, 0.3) is 0 Å². The van der Waals surface area contributed by atoms with Crippen molar-refractivity contribution in [2.75, 3.05) is 0 Å². The molecular formula is C7H5BFNO3. The van der Waals surface area contributed by atoms with Crippen molar-refractivity contribution in [3.63, 3.8) is 0 Å². The first-order valence-corrected chi connectivity index (χ1v) is 3.46. The van der Waals surface area contributed by atoms with E-state index < -0.39 is 16.4 Å². The molecule has 0 aliphatic rings. The molecule has 0 unspecified atom stereocenters. The van der Waals surface area contributed by atoms with Crippen LogP contribution in [0.2, 0.25) is 0 Å². The molecule has 0 fully saturated rings. The number of nitrogens with zero attached hydrogens (tertiary/aromatic N) is 1. The maximum absolute atomic E-state index is 12.9. The van der Waals surface area contributed by atoms with E-state index in [-0.39, 0.29) is 5.56 Å². The molecule has 1 aromatic carbocycles. The number of aldehydes is 1. The second-order valence-electron chi connectivity index (χ2n) is 2.54. The number of benzene rings is 1. The van der Waals surface area contributed by atoms with E-state index in [1.807, 2.05) is 0 Å². The minimum atomic E-state index is -0.923. The molecule has 0 aliphatic heterocycles. The van der Waals surface area contributed by atoms with Crippen molar-refractivity contribution >= 4 is 25.3 Å². The van der Waals surface area contributed by atoms with Crippen LogP contribution in [0, 0.1) is 15.9 Å². The third-order valence-electron chi connectivity index (χ3n) is 1.66. The molecule has 0 radical (unpaired) electrons. The molecule has 0 spiro atoms. The quantitative estimate of drug-likeness (QED) is 0.275. The van der Waals surface area contributed by atoms with Crippen molar-refractivity contribution in [3.8, 4) is 0 Å². The Morgan fingerprint density at radius 1 is 1.54 bits per heavy atom. The lowest BCUT2D eigenvalue weighted by molar-refractivity contribution is -0.387. The number of halogens is 1. The fourth-order valence-electron chi connectivity index (χ4n) is 0.944. The Kier molecular flexibility index (Phi) is 2.41. The second-order valence-corrected chi connectivity index (χ2v) is 2.54. The average molecular weight is 181 g/mol. The second kappa shape index (κ2) is 3.34. The molecule has 6 heteroatoms. The van der Waals surface area contributed by atoms with Gasteiger partial charge < -0.3 is 0 Å². The van der Waals surface area contributed by atoms with Crippen LogP contribution in [0.25, 0.3) is 0 Å². The van der Waals surface area contributed by atoms with Crippen molar-refractivity contribution in [2.45, 2.75) is 0 Å². The summed E-state index contributed by atoms with van der Waals surface area (Å²) < 4.78 is 12.9. The summed E-state index contributed by atoms with van der Waals surface area (Å²) >= 11 is 0. The van der Waals surface area contributed by atoms with Crippen LogP contribution in [0.3, 0.4) is 0 Å². The van der Waals surface area contributed by atoms with Crippen molar-refractivity contribution in [1.82, 2.24) is 0 Å². The Hall–Kier alpha value is -1.72. The van der Waals surface area contributed by atoms with Crippen LogP contribution in [0.4, 0.5) is 10.1 Å². The van der Waals surface area contributed by atoms with E-state index in [4.69, 9.17) is 0 Å². The third kappa shape index (κ3) is 1.72. The molecule has 0 atom stereocenters. The lowest BCUT2D eigenvalue weighted by Gasteiger charge is -1.98. The van der Waals surface area contributed by atoms with Gasteiger partial charge in [-0.1, -0.05) is 5.46 Å². The predicted octanol–water partition coefficient (Wildman–Crippen LogP) is -0.195. The fraction of sp³-hybridized carbons (Fsp3) is 0.